The van der Waals surface area contributed by atoms with Crippen LogP contribution in [0.15, 0.2) is 71.9 Å². The predicted octanol–water partition coefficient (Wildman–Crippen LogP) is 4.13. The van der Waals surface area contributed by atoms with Crippen molar-refractivity contribution in [3.05, 3.63) is 83.9 Å². The topological polar surface area (TPSA) is 119 Å². The van der Waals surface area contributed by atoms with Gasteiger partial charge in [0.2, 0.25) is 5.16 Å². The molecule has 0 aliphatic heterocycles. The Morgan fingerprint density at radius 2 is 1.62 bits per heavy atom. The van der Waals surface area contributed by atoms with Gasteiger partial charge in [-0.05, 0) is 90.5 Å². The maximum absolute atomic E-state index is 13.8. The molecule has 5 rings (SSSR count). The highest BCUT2D eigenvalue weighted by Crippen LogP contribution is 2.37. The van der Waals surface area contributed by atoms with Crippen LogP contribution >= 0.6 is 0 Å². The van der Waals surface area contributed by atoms with E-state index in [2.05, 4.69) is 25.7 Å². The molecular weight excluding hydrogens is 561 g/mol. The summed E-state index contributed by atoms with van der Waals surface area (Å²) in [5, 5.41) is 20.6. The number of hydrogen-bond acceptors (Lipinski definition) is 9. The van der Waals surface area contributed by atoms with Gasteiger partial charge in [-0.3, -0.25) is 8.78 Å². The first-order chi connectivity index (χ1) is 20.2. The lowest BCUT2D eigenvalue weighted by atomic mass is 9.83. The normalized spacial score (nSPS) is 12.2. The monoisotopic (exact) mass is 591 g/mol. The van der Waals surface area contributed by atoms with Crippen molar-refractivity contribution in [3.63, 3.8) is 0 Å². The minimum Gasteiger partial charge on any atom is -0.493 e. The Labute approximate surface area is 244 Å². The van der Waals surface area contributed by atoms with Crippen LogP contribution in [0, 0.1) is 5.82 Å². The Kier molecular flexibility index (Phi) is 8.29. The first-order valence-electron chi connectivity index (χ1n) is 13.0. The van der Waals surface area contributed by atoms with Crippen molar-refractivity contribution in [3.8, 4) is 34.3 Å². The summed E-state index contributed by atoms with van der Waals surface area (Å²) in [5.74, 6) is 2.71. The van der Waals surface area contributed by atoms with Crippen molar-refractivity contribution >= 4 is 10.8 Å². The second-order valence-electron chi connectivity index (χ2n) is 9.86. The molecule has 0 bridgehead atoms. The Morgan fingerprint density at radius 1 is 0.905 bits per heavy atom. The third-order valence-corrected chi connectivity index (χ3v) is 8.07. The highest BCUT2D eigenvalue weighted by Gasteiger charge is 2.33. The van der Waals surface area contributed by atoms with E-state index in [0.29, 0.717) is 34.6 Å². The molecule has 0 N–H and O–H groups in total. The number of rotatable bonds is 11. The molecule has 0 radical (unpaired) electrons. The van der Waals surface area contributed by atoms with Gasteiger partial charge in [-0.15, -0.1) is 15.3 Å². The van der Waals surface area contributed by atoms with Gasteiger partial charge in [-0.2, -0.15) is 0 Å². The summed E-state index contributed by atoms with van der Waals surface area (Å²) < 4.78 is 47.5. The number of halogens is 1. The van der Waals surface area contributed by atoms with E-state index < -0.39 is 16.2 Å². The van der Waals surface area contributed by atoms with Crippen LogP contribution in [0.25, 0.3) is 17.1 Å². The van der Waals surface area contributed by atoms with Crippen LogP contribution < -0.4 is 14.2 Å². The van der Waals surface area contributed by atoms with Crippen molar-refractivity contribution < 1.29 is 22.8 Å². The van der Waals surface area contributed by atoms with Gasteiger partial charge in [0.05, 0.1) is 36.2 Å². The maximum atomic E-state index is 13.8. The van der Waals surface area contributed by atoms with E-state index in [4.69, 9.17) is 14.2 Å². The van der Waals surface area contributed by atoms with Gasteiger partial charge in [0.15, 0.2) is 17.3 Å². The molecule has 2 aromatic heterocycles. The van der Waals surface area contributed by atoms with Crippen molar-refractivity contribution in [2.24, 2.45) is 7.05 Å². The number of hydrogen-bond donors (Lipinski definition) is 0. The van der Waals surface area contributed by atoms with Crippen molar-refractivity contribution in [1.82, 2.24) is 35.0 Å². The zero-order valence-electron chi connectivity index (χ0n) is 23.8. The minimum absolute atomic E-state index is 0.158. The van der Waals surface area contributed by atoms with E-state index in [0.717, 1.165) is 11.1 Å². The van der Waals surface area contributed by atoms with Crippen molar-refractivity contribution in [1.29, 1.82) is 0 Å². The molecule has 11 nitrogen and oxygen atoms in total. The van der Waals surface area contributed by atoms with E-state index in [1.54, 1.807) is 54.8 Å². The van der Waals surface area contributed by atoms with Gasteiger partial charge < -0.3 is 14.2 Å². The van der Waals surface area contributed by atoms with Gasteiger partial charge in [-0.1, -0.05) is 6.07 Å². The zero-order chi connectivity index (χ0) is 29.9. The molecule has 0 saturated carbocycles. The Morgan fingerprint density at radius 3 is 2.26 bits per heavy atom. The largest absolute Gasteiger partial charge is 0.493 e. The standard InChI is InChI=1S/C29H30FN7O4S/c1-29(2,20-8-15-24(39-4)25(18-20)40-5)27-32-33-28(37(27)22-11-9-21(30)10-12-22)42(38)17-16-41-23-13-6-19(7-14-23)26-31-34-35-36(26)3/h6-15,18H,16-17H2,1-5H3. The lowest BCUT2D eigenvalue weighted by molar-refractivity contribution is 0.342. The van der Waals surface area contributed by atoms with Crippen LogP contribution in [0.5, 0.6) is 17.2 Å². The first kappa shape index (κ1) is 28.9. The molecular formula is C29H30FN7O4S. The smallest absolute Gasteiger partial charge is 0.226 e. The average Bonchev–Trinajstić information content (AvgIpc) is 3.64. The molecule has 0 saturated heterocycles. The molecule has 42 heavy (non-hydrogen) atoms. The number of aromatic nitrogens is 7. The fourth-order valence-corrected chi connectivity index (χ4v) is 5.44. The molecule has 0 amide bonds. The fraction of sp³-hybridized carbons (Fsp3) is 0.276. The van der Waals surface area contributed by atoms with E-state index >= 15 is 0 Å². The third kappa shape index (κ3) is 5.73. The predicted molar refractivity (Wildman–Crippen MR) is 154 cm³/mol. The van der Waals surface area contributed by atoms with Crippen LogP contribution in [0.3, 0.4) is 0 Å². The summed E-state index contributed by atoms with van der Waals surface area (Å²) in [5.41, 5.74) is 1.59. The van der Waals surface area contributed by atoms with Gasteiger partial charge >= 0.3 is 0 Å². The molecule has 0 aliphatic carbocycles. The van der Waals surface area contributed by atoms with Crippen molar-refractivity contribution in [2.45, 2.75) is 24.4 Å². The maximum Gasteiger partial charge on any atom is 0.226 e. The highest BCUT2D eigenvalue weighted by molar-refractivity contribution is 7.84. The van der Waals surface area contributed by atoms with Gasteiger partial charge in [-0.25, -0.2) is 9.07 Å². The summed E-state index contributed by atoms with van der Waals surface area (Å²) in [7, 11) is 3.32. The quantitative estimate of drug-likeness (QED) is 0.223. The Bertz CT molecular complexity index is 1700. The summed E-state index contributed by atoms with van der Waals surface area (Å²) >= 11 is 0. The Hall–Kier alpha value is -4.65. The summed E-state index contributed by atoms with van der Waals surface area (Å²) in [4.78, 5) is 0. The molecule has 1 unspecified atom stereocenters. The molecule has 1 atom stereocenters. The van der Waals surface area contributed by atoms with E-state index in [1.807, 2.05) is 44.2 Å². The lowest BCUT2D eigenvalue weighted by Crippen LogP contribution is -2.25. The third-order valence-electron chi connectivity index (χ3n) is 6.86. The molecule has 2 heterocycles. The van der Waals surface area contributed by atoms with Crippen LogP contribution in [0.1, 0.15) is 25.2 Å². The Balaban J connectivity index is 1.40. The fourth-order valence-electron chi connectivity index (χ4n) is 4.50. The second-order valence-corrected chi connectivity index (χ2v) is 11.3. The number of ether oxygens (including phenoxy) is 3. The zero-order valence-corrected chi connectivity index (χ0v) is 24.6. The van der Waals surface area contributed by atoms with Crippen LogP contribution in [-0.2, 0) is 23.3 Å². The van der Waals surface area contributed by atoms with Gasteiger partial charge in [0.1, 0.15) is 24.0 Å². The molecule has 5 aromatic rings. The molecule has 0 fully saturated rings. The van der Waals surface area contributed by atoms with Crippen molar-refractivity contribution in [2.75, 3.05) is 26.6 Å². The number of nitrogens with zero attached hydrogens (tertiary/aromatic N) is 7. The number of methoxy groups -OCH3 is 2. The number of tetrazole rings is 1. The van der Waals surface area contributed by atoms with E-state index in [1.165, 1.54) is 12.1 Å². The SMILES string of the molecule is COc1ccc(C(C)(C)c2nnc(S(=O)CCOc3ccc(-c4nnnn4C)cc3)n2-c2ccc(F)cc2)cc1OC. The molecule has 0 spiro atoms. The summed E-state index contributed by atoms with van der Waals surface area (Å²) in [6.07, 6.45) is 0. The van der Waals surface area contributed by atoms with Gasteiger partial charge in [0.25, 0.3) is 0 Å². The van der Waals surface area contributed by atoms with Crippen LogP contribution in [0.2, 0.25) is 0 Å². The van der Waals surface area contributed by atoms with Crippen LogP contribution in [0.4, 0.5) is 4.39 Å². The van der Waals surface area contributed by atoms with Crippen LogP contribution in [-0.4, -0.2) is 65.8 Å². The first-order valence-corrected chi connectivity index (χ1v) is 14.3. The van der Waals surface area contributed by atoms with E-state index in [-0.39, 0.29) is 23.3 Å². The summed E-state index contributed by atoms with van der Waals surface area (Å²) in [6.45, 7) is 4.13. The summed E-state index contributed by atoms with van der Waals surface area (Å²) in [6, 6.07) is 18.8. The minimum atomic E-state index is -1.59. The number of aryl methyl sites for hydroxylation is 1. The van der Waals surface area contributed by atoms with Gasteiger partial charge in [0, 0.05) is 18.3 Å². The lowest BCUT2D eigenvalue weighted by Gasteiger charge is -2.26. The molecule has 13 heteroatoms. The number of benzene rings is 3. The highest BCUT2D eigenvalue weighted by atomic mass is 32.2. The molecule has 218 valence electrons. The average molecular weight is 592 g/mol. The molecule has 3 aromatic carbocycles. The molecule has 0 aliphatic rings. The van der Waals surface area contributed by atoms with E-state index in [9.17, 15) is 8.60 Å². The second kappa shape index (κ2) is 12.1.